The van der Waals surface area contributed by atoms with Crippen LogP contribution in [0.4, 0.5) is 17.1 Å². The maximum Gasteiger partial charge on any atom is 0.137 e. The Morgan fingerprint density at radius 3 is 1.35 bits per heavy atom. The molecule has 0 aliphatic rings. The van der Waals surface area contributed by atoms with Gasteiger partial charge in [-0.15, -0.1) is 0 Å². The lowest BCUT2D eigenvalue weighted by molar-refractivity contribution is 0.669. The number of anilines is 3. The summed E-state index contributed by atoms with van der Waals surface area (Å²) in [5, 5.41) is 2.22. The number of hydrogen-bond acceptors (Lipinski definition) is 2. The Morgan fingerprint density at radius 2 is 0.677 bits per heavy atom. The summed E-state index contributed by atoms with van der Waals surface area (Å²) >= 11 is 0. The van der Waals surface area contributed by atoms with Crippen LogP contribution in [-0.4, -0.2) is 0 Å². The molecule has 0 aliphatic carbocycles. The third-order valence-electron chi connectivity index (χ3n) is 11.9. The molecule has 62 heavy (non-hydrogen) atoms. The van der Waals surface area contributed by atoms with Crippen molar-refractivity contribution in [1.29, 1.82) is 0 Å². The Morgan fingerprint density at radius 1 is 0.242 bits per heavy atom. The van der Waals surface area contributed by atoms with Crippen molar-refractivity contribution < 1.29 is 4.42 Å². The largest absolute Gasteiger partial charge is 0.456 e. The van der Waals surface area contributed by atoms with Crippen molar-refractivity contribution in [2.24, 2.45) is 0 Å². The van der Waals surface area contributed by atoms with E-state index < -0.39 is 0 Å². The number of furan rings is 1. The SMILES string of the molecule is c1ccc(-c2ccc(-c3ccc(N(c4cccc(-c5cccc(-c6ccccc6)c5-c5ccccc5-c5ccccc5)c4)c4ccc5c(c4)oc4ccccc45)cc3)cc2)cc1. The molecular weight excluding hydrogens is 751 g/mol. The minimum absolute atomic E-state index is 0.857. The summed E-state index contributed by atoms with van der Waals surface area (Å²) in [6, 6.07) is 89.1. The number of rotatable bonds is 9. The van der Waals surface area contributed by atoms with E-state index in [1.807, 2.05) is 12.1 Å². The Labute approximate surface area is 362 Å². The molecule has 11 rings (SSSR count). The maximum atomic E-state index is 6.47. The molecule has 0 bridgehead atoms. The molecule has 11 aromatic rings. The van der Waals surface area contributed by atoms with E-state index >= 15 is 0 Å². The van der Waals surface area contributed by atoms with Crippen LogP contribution in [-0.2, 0) is 0 Å². The first-order valence-corrected chi connectivity index (χ1v) is 21.2. The number of hydrogen-bond donors (Lipinski definition) is 0. The van der Waals surface area contributed by atoms with Gasteiger partial charge in [-0.25, -0.2) is 0 Å². The summed E-state index contributed by atoms with van der Waals surface area (Å²) in [6.45, 7) is 0. The molecule has 0 radical (unpaired) electrons. The maximum absolute atomic E-state index is 6.47. The van der Waals surface area contributed by atoms with E-state index in [1.165, 1.54) is 55.6 Å². The van der Waals surface area contributed by atoms with Gasteiger partial charge in [-0.05, 0) is 109 Å². The molecule has 0 saturated carbocycles. The summed E-state index contributed by atoms with van der Waals surface area (Å²) in [4.78, 5) is 2.34. The van der Waals surface area contributed by atoms with Crippen molar-refractivity contribution >= 4 is 39.0 Å². The lowest BCUT2D eigenvalue weighted by Gasteiger charge is -2.27. The Balaban J connectivity index is 1.06. The fraction of sp³-hybridized carbons (Fsp3) is 0. The molecule has 0 fully saturated rings. The minimum Gasteiger partial charge on any atom is -0.456 e. The zero-order chi connectivity index (χ0) is 41.2. The predicted molar refractivity (Wildman–Crippen MR) is 261 cm³/mol. The summed E-state index contributed by atoms with van der Waals surface area (Å²) in [7, 11) is 0. The van der Waals surface area contributed by atoms with E-state index in [0.29, 0.717) is 0 Å². The highest BCUT2D eigenvalue weighted by Crippen LogP contribution is 2.46. The topological polar surface area (TPSA) is 16.4 Å². The van der Waals surface area contributed by atoms with Gasteiger partial charge in [0.15, 0.2) is 0 Å². The number of para-hydroxylation sites is 1. The Kier molecular flexibility index (Phi) is 9.57. The number of fused-ring (bicyclic) bond motifs is 3. The molecule has 0 spiro atoms. The fourth-order valence-corrected chi connectivity index (χ4v) is 8.91. The first-order valence-electron chi connectivity index (χ1n) is 21.2. The second-order valence-electron chi connectivity index (χ2n) is 15.7. The average molecular weight is 792 g/mol. The van der Waals surface area contributed by atoms with E-state index in [-0.39, 0.29) is 0 Å². The van der Waals surface area contributed by atoms with Crippen LogP contribution in [0.5, 0.6) is 0 Å². The molecule has 0 aliphatic heterocycles. The molecule has 1 heterocycles. The highest BCUT2D eigenvalue weighted by atomic mass is 16.3. The van der Waals surface area contributed by atoms with Crippen molar-refractivity contribution in [2.75, 3.05) is 4.90 Å². The van der Waals surface area contributed by atoms with E-state index in [0.717, 1.165) is 50.1 Å². The monoisotopic (exact) mass is 791 g/mol. The standard InChI is InChI=1S/C60H41NO/c1-4-16-42(17-5-1)43-30-32-44(33-31-43)45-34-36-49(37-35-45)61(51-38-39-56-55-25-12-13-29-58(55)62-59(56)41-51)50-23-14-22-48(40-50)54-28-15-27-53(47-20-8-3-9-21-47)60(54)57-26-11-10-24-52(57)46-18-6-2-7-19-46/h1-41H. The van der Waals surface area contributed by atoms with Crippen LogP contribution in [0.15, 0.2) is 253 Å². The molecule has 0 atom stereocenters. The molecule has 2 heteroatoms. The van der Waals surface area contributed by atoms with Gasteiger partial charge in [0.1, 0.15) is 11.2 Å². The van der Waals surface area contributed by atoms with Gasteiger partial charge in [0, 0.05) is 33.9 Å². The molecular formula is C60H41NO. The van der Waals surface area contributed by atoms with Gasteiger partial charge in [0.25, 0.3) is 0 Å². The molecule has 292 valence electrons. The normalized spacial score (nSPS) is 11.2. The van der Waals surface area contributed by atoms with E-state index in [1.54, 1.807) is 0 Å². The second-order valence-corrected chi connectivity index (χ2v) is 15.7. The van der Waals surface area contributed by atoms with Crippen LogP contribution in [0.3, 0.4) is 0 Å². The fourth-order valence-electron chi connectivity index (χ4n) is 8.91. The average Bonchev–Trinajstić information content (AvgIpc) is 3.73. The van der Waals surface area contributed by atoms with Crippen LogP contribution >= 0.6 is 0 Å². The van der Waals surface area contributed by atoms with Crippen LogP contribution in [0.1, 0.15) is 0 Å². The van der Waals surface area contributed by atoms with Gasteiger partial charge in [-0.2, -0.15) is 0 Å². The van der Waals surface area contributed by atoms with Crippen LogP contribution in [0, 0.1) is 0 Å². The van der Waals surface area contributed by atoms with Crippen LogP contribution in [0.2, 0.25) is 0 Å². The summed E-state index contributed by atoms with van der Waals surface area (Å²) < 4.78 is 6.47. The van der Waals surface area contributed by atoms with Gasteiger partial charge in [0.05, 0.1) is 0 Å². The molecule has 2 nitrogen and oxygen atoms in total. The summed E-state index contributed by atoms with van der Waals surface area (Å²) in [5.74, 6) is 0. The first kappa shape index (κ1) is 36.8. The molecule has 0 saturated heterocycles. The third kappa shape index (κ3) is 6.94. The van der Waals surface area contributed by atoms with Gasteiger partial charge in [-0.1, -0.05) is 200 Å². The van der Waals surface area contributed by atoms with Gasteiger partial charge in [-0.3, -0.25) is 0 Å². The lowest BCUT2D eigenvalue weighted by Crippen LogP contribution is -2.10. The lowest BCUT2D eigenvalue weighted by atomic mass is 9.84. The first-order chi connectivity index (χ1) is 30.7. The van der Waals surface area contributed by atoms with Crippen molar-refractivity contribution in [3.63, 3.8) is 0 Å². The van der Waals surface area contributed by atoms with Crippen LogP contribution in [0.25, 0.3) is 88.7 Å². The quantitative estimate of drug-likeness (QED) is 0.145. The van der Waals surface area contributed by atoms with Crippen molar-refractivity contribution in [2.45, 2.75) is 0 Å². The summed E-state index contributed by atoms with van der Waals surface area (Å²) in [5.41, 5.74) is 19.1. The number of nitrogens with zero attached hydrogens (tertiary/aromatic N) is 1. The Hall–Kier alpha value is -8.20. The van der Waals surface area contributed by atoms with E-state index in [4.69, 9.17) is 4.42 Å². The molecule has 0 N–H and O–H groups in total. The number of benzene rings is 10. The van der Waals surface area contributed by atoms with Crippen molar-refractivity contribution in [1.82, 2.24) is 0 Å². The zero-order valence-corrected chi connectivity index (χ0v) is 34.0. The predicted octanol–water partition coefficient (Wildman–Crippen LogP) is 17.1. The van der Waals surface area contributed by atoms with Gasteiger partial charge < -0.3 is 9.32 Å². The summed E-state index contributed by atoms with van der Waals surface area (Å²) in [6.07, 6.45) is 0. The Bertz CT molecular complexity index is 3310. The highest BCUT2D eigenvalue weighted by molar-refractivity contribution is 6.06. The minimum atomic E-state index is 0.857. The third-order valence-corrected chi connectivity index (χ3v) is 11.9. The smallest absolute Gasteiger partial charge is 0.137 e. The van der Waals surface area contributed by atoms with E-state index in [2.05, 4.69) is 241 Å². The molecule has 0 amide bonds. The molecule has 1 aromatic heterocycles. The molecule has 10 aromatic carbocycles. The van der Waals surface area contributed by atoms with Crippen molar-refractivity contribution in [3.8, 4) is 66.8 Å². The van der Waals surface area contributed by atoms with E-state index in [9.17, 15) is 0 Å². The second kappa shape index (κ2) is 16.1. The molecule has 0 unspecified atom stereocenters. The van der Waals surface area contributed by atoms with Crippen molar-refractivity contribution in [3.05, 3.63) is 249 Å². The van der Waals surface area contributed by atoms with Crippen LogP contribution < -0.4 is 4.90 Å². The van der Waals surface area contributed by atoms with Gasteiger partial charge in [0.2, 0.25) is 0 Å². The highest BCUT2D eigenvalue weighted by Gasteiger charge is 2.20. The zero-order valence-electron chi connectivity index (χ0n) is 34.0. The van der Waals surface area contributed by atoms with Gasteiger partial charge >= 0.3 is 0 Å².